The second-order valence-electron chi connectivity index (χ2n) is 5.45. The van der Waals surface area contributed by atoms with Crippen molar-refractivity contribution in [2.45, 2.75) is 26.9 Å². The number of aliphatic hydroxyl groups is 2. The van der Waals surface area contributed by atoms with E-state index in [0.29, 0.717) is 11.5 Å². The van der Waals surface area contributed by atoms with E-state index in [9.17, 15) is 10.2 Å². The molecule has 1 aliphatic rings. The zero-order valence-corrected chi connectivity index (χ0v) is 10.8. The molecule has 1 unspecified atom stereocenters. The Kier molecular flexibility index (Phi) is 3.22. The maximum atomic E-state index is 9.93. The van der Waals surface area contributed by atoms with Gasteiger partial charge in [-0.05, 0) is 29.2 Å². The molecule has 0 saturated heterocycles. The lowest BCUT2D eigenvalue weighted by Gasteiger charge is -2.25. The predicted molar refractivity (Wildman–Crippen MR) is 68.6 cm³/mol. The van der Waals surface area contributed by atoms with Gasteiger partial charge < -0.3 is 19.7 Å². The average Bonchev–Trinajstić information content (AvgIpc) is 2.73. The van der Waals surface area contributed by atoms with Gasteiger partial charge in [0.15, 0.2) is 11.5 Å². The predicted octanol–water partition coefficient (Wildman–Crippen LogP) is 2.72. The van der Waals surface area contributed by atoms with Crippen LogP contribution in [0, 0.1) is 5.41 Å². The van der Waals surface area contributed by atoms with E-state index in [1.165, 1.54) is 6.08 Å². The van der Waals surface area contributed by atoms with Gasteiger partial charge in [0, 0.05) is 0 Å². The molecule has 1 aliphatic heterocycles. The molecule has 0 radical (unpaired) electrons. The molecule has 0 aromatic heterocycles. The summed E-state index contributed by atoms with van der Waals surface area (Å²) in [6.07, 6.45) is 0.639. The largest absolute Gasteiger partial charge is 0.510 e. The average molecular weight is 250 g/mol. The van der Waals surface area contributed by atoms with Crippen LogP contribution in [0.5, 0.6) is 11.5 Å². The maximum Gasteiger partial charge on any atom is 0.231 e. The smallest absolute Gasteiger partial charge is 0.231 e. The fourth-order valence-corrected chi connectivity index (χ4v) is 1.70. The Labute approximate surface area is 106 Å². The molecule has 0 amide bonds. The number of fused-ring (bicyclic) bond motifs is 1. The van der Waals surface area contributed by atoms with Gasteiger partial charge >= 0.3 is 0 Å². The first-order valence-corrected chi connectivity index (χ1v) is 5.86. The fraction of sp³-hybridized carbons (Fsp3) is 0.429. The quantitative estimate of drug-likeness (QED) is 0.792. The van der Waals surface area contributed by atoms with E-state index in [-0.39, 0.29) is 12.6 Å². The van der Waals surface area contributed by atoms with Crippen molar-refractivity contribution < 1.29 is 19.7 Å². The number of aliphatic hydroxyl groups excluding tert-OH is 2. The zero-order chi connectivity index (χ0) is 13.3. The summed E-state index contributed by atoms with van der Waals surface area (Å²) in [5.74, 6) is 1.30. The molecule has 1 atom stereocenters. The summed E-state index contributed by atoms with van der Waals surface area (Å²) in [5.41, 5.74) is 0.358. The second kappa shape index (κ2) is 4.53. The van der Waals surface area contributed by atoms with Gasteiger partial charge in [-0.2, -0.15) is 0 Å². The van der Waals surface area contributed by atoms with Crippen LogP contribution in [0.4, 0.5) is 0 Å². The van der Waals surface area contributed by atoms with Crippen molar-refractivity contribution in [2.24, 2.45) is 5.41 Å². The van der Waals surface area contributed by atoms with Crippen LogP contribution in [0.2, 0.25) is 0 Å². The van der Waals surface area contributed by atoms with E-state index < -0.39 is 11.5 Å². The highest BCUT2D eigenvalue weighted by Gasteiger charge is 2.25. The van der Waals surface area contributed by atoms with E-state index in [2.05, 4.69) is 0 Å². The highest BCUT2D eigenvalue weighted by Crippen LogP contribution is 2.33. The van der Waals surface area contributed by atoms with Gasteiger partial charge in [-0.1, -0.05) is 26.8 Å². The number of hydrogen-bond donors (Lipinski definition) is 2. The summed E-state index contributed by atoms with van der Waals surface area (Å²) in [6, 6.07) is 5.36. The van der Waals surface area contributed by atoms with Crippen LogP contribution in [0.3, 0.4) is 0 Å². The normalized spacial score (nSPS) is 16.8. The molecule has 0 aliphatic carbocycles. The Morgan fingerprint density at radius 3 is 2.61 bits per heavy atom. The van der Waals surface area contributed by atoms with Crippen molar-refractivity contribution in [1.82, 2.24) is 0 Å². The summed E-state index contributed by atoms with van der Waals surface area (Å²) in [7, 11) is 0. The number of benzene rings is 1. The molecule has 2 rings (SSSR count). The second-order valence-corrected chi connectivity index (χ2v) is 5.45. The third-order valence-electron chi connectivity index (χ3n) is 2.81. The Morgan fingerprint density at radius 2 is 1.94 bits per heavy atom. The zero-order valence-electron chi connectivity index (χ0n) is 10.8. The maximum absolute atomic E-state index is 9.93. The van der Waals surface area contributed by atoms with Gasteiger partial charge in [0.2, 0.25) is 6.79 Å². The number of rotatable bonds is 2. The van der Waals surface area contributed by atoms with Crippen molar-refractivity contribution >= 4 is 6.08 Å². The van der Waals surface area contributed by atoms with Gasteiger partial charge in [-0.15, -0.1) is 0 Å². The Morgan fingerprint density at radius 1 is 1.28 bits per heavy atom. The van der Waals surface area contributed by atoms with Gasteiger partial charge in [-0.3, -0.25) is 0 Å². The highest BCUT2D eigenvalue weighted by atomic mass is 16.7. The number of hydrogen-bond acceptors (Lipinski definition) is 4. The minimum absolute atomic E-state index is 0.0543. The molecular weight excluding hydrogens is 232 g/mol. The fourth-order valence-electron chi connectivity index (χ4n) is 1.70. The minimum atomic E-state index is -0.900. The molecule has 0 bridgehead atoms. The molecule has 0 fully saturated rings. The Bertz CT molecular complexity index is 471. The lowest BCUT2D eigenvalue weighted by Crippen LogP contribution is -2.27. The summed E-state index contributed by atoms with van der Waals surface area (Å²) in [6.45, 7) is 5.81. The van der Waals surface area contributed by atoms with Crippen LogP contribution in [-0.4, -0.2) is 23.1 Å². The Hall–Kier alpha value is -1.68. The molecule has 4 heteroatoms. The summed E-state index contributed by atoms with van der Waals surface area (Å²) in [5, 5.41) is 19.8. The SMILES string of the molecule is CC(C)(C)C(O)/C(O)=C/c1ccc2c(c1)OCO2. The van der Waals surface area contributed by atoms with Crippen LogP contribution in [0.15, 0.2) is 24.0 Å². The molecule has 2 N–H and O–H groups in total. The summed E-state index contributed by atoms with van der Waals surface area (Å²) in [4.78, 5) is 0. The minimum Gasteiger partial charge on any atom is -0.510 e. The van der Waals surface area contributed by atoms with Crippen LogP contribution in [0.1, 0.15) is 26.3 Å². The molecule has 0 spiro atoms. The standard InChI is InChI=1S/C14H18O4/c1-14(2,3)13(16)10(15)6-9-4-5-11-12(7-9)18-8-17-11/h4-7,13,15-16H,8H2,1-3H3/b10-6-. The van der Waals surface area contributed by atoms with Crippen LogP contribution in [-0.2, 0) is 0 Å². The van der Waals surface area contributed by atoms with Crippen molar-refractivity contribution in [3.8, 4) is 11.5 Å². The van der Waals surface area contributed by atoms with Crippen molar-refractivity contribution in [3.63, 3.8) is 0 Å². The molecule has 98 valence electrons. The van der Waals surface area contributed by atoms with Gasteiger partial charge in [0.25, 0.3) is 0 Å². The first-order valence-electron chi connectivity index (χ1n) is 5.86. The van der Waals surface area contributed by atoms with E-state index in [4.69, 9.17) is 9.47 Å². The summed E-state index contributed by atoms with van der Waals surface area (Å²) >= 11 is 0. The van der Waals surface area contributed by atoms with Gasteiger partial charge in [0.1, 0.15) is 11.9 Å². The third-order valence-corrected chi connectivity index (χ3v) is 2.81. The Balaban J connectivity index is 2.23. The van der Waals surface area contributed by atoms with Crippen LogP contribution in [0.25, 0.3) is 6.08 Å². The van der Waals surface area contributed by atoms with Crippen molar-refractivity contribution in [3.05, 3.63) is 29.5 Å². The van der Waals surface area contributed by atoms with E-state index in [1.54, 1.807) is 18.2 Å². The lowest BCUT2D eigenvalue weighted by molar-refractivity contribution is 0.0591. The molecule has 4 nitrogen and oxygen atoms in total. The van der Waals surface area contributed by atoms with Gasteiger partial charge in [-0.25, -0.2) is 0 Å². The molecular formula is C14H18O4. The van der Waals surface area contributed by atoms with E-state index in [1.807, 2.05) is 20.8 Å². The first-order chi connectivity index (χ1) is 8.38. The molecule has 0 saturated carbocycles. The van der Waals surface area contributed by atoms with E-state index >= 15 is 0 Å². The summed E-state index contributed by atoms with van der Waals surface area (Å²) < 4.78 is 10.5. The molecule has 1 heterocycles. The van der Waals surface area contributed by atoms with E-state index in [0.717, 1.165) is 5.56 Å². The van der Waals surface area contributed by atoms with Crippen LogP contribution < -0.4 is 9.47 Å². The van der Waals surface area contributed by atoms with Crippen molar-refractivity contribution in [1.29, 1.82) is 0 Å². The monoisotopic (exact) mass is 250 g/mol. The molecule has 18 heavy (non-hydrogen) atoms. The lowest BCUT2D eigenvalue weighted by atomic mass is 9.87. The number of ether oxygens (including phenoxy) is 2. The highest BCUT2D eigenvalue weighted by molar-refractivity contribution is 5.58. The van der Waals surface area contributed by atoms with Crippen LogP contribution >= 0.6 is 0 Å². The van der Waals surface area contributed by atoms with Crippen molar-refractivity contribution in [2.75, 3.05) is 6.79 Å². The third kappa shape index (κ3) is 2.59. The van der Waals surface area contributed by atoms with Gasteiger partial charge in [0.05, 0.1) is 0 Å². The first kappa shape index (κ1) is 12.8. The molecule has 1 aromatic carbocycles. The topological polar surface area (TPSA) is 58.9 Å². The molecule has 1 aromatic rings.